The second-order valence-corrected chi connectivity index (χ2v) is 4.19. The number of nitrogen functional groups attached to an aromatic ring is 1. The molecule has 3 N–H and O–H groups in total. The molecule has 1 amide bonds. The minimum absolute atomic E-state index is 0.0849. The lowest BCUT2D eigenvalue weighted by Gasteiger charge is -2.21. The van der Waals surface area contributed by atoms with Crippen LogP contribution in [0.2, 0.25) is 0 Å². The quantitative estimate of drug-likeness (QED) is 0.753. The number of halogens is 1. The largest absolute Gasteiger partial charge is 0.398 e. The Bertz CT molecular complexity index is 389. The van der Waals surface area contributed by atoms with Gasteiger partial charge in [0, 0.05) is 24.8 Å². The van der Waals surface area contributed by atoms with E-state index in [9.17, 15) is 9.18 Å². The summed E-state index contributed by atoms with van der Waals surface area (Å²) in [5.41, 5.74) is 6.64. The molecule has 1 aromatic rings. The van der Waals surface area contributed by atoms with E-state index in [0.717, 1.165) is 13.0 Å². The highest BCUT2D eigenvalue weighted by molar-refractivity contribution is 5.77. The minimum atomic E-state index is -0.326. The van der Waals surface area contributed by atoms with Crippen LogP contribution in [0.25, 0.3) is 0 Å². The Morgan fingerprint density at radius 3 is 2.78 bits per heavy atom. The zero-order valence-electron chi connectivity index (χ0n) is 10.9. The van der Waals surface area contributed by atoms with Gasteiger partial charge in [-0.15, -0.1) is 0 Å². The summed E-state index contributed by atoms with van der Waals surface area (Å²) in [5.74, 6) is -0.411. The molecule has 0 fully saturated rings. The third-order valence-corrected chi connectivity index (χ3v) is 2.72. The Kier molecular flexibility index (Phi) is 5.58. The molecule has 0 aliphatic carbocycles. The van der Waals surface area contributed by atoms with Gasteiger partial charge in [0.2, 0.25) is 5.91 Å². The Hall–Kier alpha value is -1.62. The van der Waals surface area contributed by atoms with E-state index >= 15 is 0 Å². The lowest BCUT2D eigenvalue weighted by molar-refractivity contribution is -0.121. The first-order valence-electron chi connectivity index (χ1n) is 6.04. The maximum Gasteiger partial charge on any atom is 0.233 e. The SMILES string of the molecule is CCCN(CC(=O)NC)Cc1c(N)cccc1F. The summed E-state index contributed by atoms with van der Waals surface area (Å²) in [5, 5.41) is 2.56. The van der Waals surface area contributed by atoms with Crippen molar-refractivity contribution < 1.29 is 9.18 Å². The molecule has 0 unspecified atom stereocenters. The minimum Gasteiger partial charge on any atom is -0.398 e. The van der Waals surface area contributed by atoms with Crippen LogP contribution in [0.1, 0.15) is 18.9 Å². The molecule has 0 bridgehead atoms. The van der Waals surface area contributed by atoms with Crippen molar-refractivity contribution in [3.63, 3.8) is 0 Å². The summed E-state index contributed by atoms with van der Waals surface area (Å²) in [6.07, 6.45) is 0.894. The molecule has 0 aromatic heterocycles. The predicted octanol–water partition coefficient (Wildman–Crippen LogP) is 1.37. The molecule has 100 valence electrons. The number of anilines is 1. The van der Waals surface area contributed by atoms with Crippen LogP contribution >= 0.6 is 0 Å². The van der Waals surface area contributed by atoms with Crippen molar-refractivity contribution >= 4 is 11.6 Å². The van der Waals surface area contributed by atoms with Gasteiger partial charge in [0.05, 0.1) is 6.54 Å². The van der Waals surface area contributed by atoms with E-state index in [4.69, 9.17) is 5.73 Å². The highest BCUT2D eigenvalue weighted by Gasteiger charge is 2.13. The standard InChI is InChI=1S/C13H20FN3O/c1-3-7-17(9-13(18)16-2)8-10-11(14)5-4-6-12(10)15/h4-6H,3,7-9,15H2,1-2H3,(H,16,18). The van der Waals surface area contributed by atoms with Crippen LogP contribution in [0.4, 0.5) is 10.1 Å². The summed E-state index contributed by atoms with van der Waals surface area (Å²) in [7, 11) is 1.59. The zero-order valence-corrected chi connectivity index (χ0v) is 10.9. The van der Waals surface area contributed by atoms with Crippen LogP contribution in [0.5, 0.6) is 0 Å². The molecule has 0 heterocycles. The molecule has 5 heteroatoms. The number of nitrogens with zero attached hydrogens (tertiary/aromatic N) is 1. The number of carbonyl (C=O) groups is 1. The first-order valence-corrected chi connectivity index (χ1v) is 6.04. The average molecular weight is 253 g/mol. The maximum absolute atomic E-state index is 13.7. The van der Waals surface area contributed by atoms with Crippen molar-refractivity contribution in [2.45, 2.75) is 19.9 Å². The predicted molar refractivity (Wildman–Crippen MR) is 70.4 cm³/mol. The topological polar surface area (TPSA) is 58.4 Å². The zero-order chi connectivity index (χ0) is 13.5. The van der Waals surface area contributed by atoms with E-state index in [-0.39, 0.29) is 18.3 Å². The van der Waals surface area contributed by atoms with Crippen LogP contribution in [0.15, 0.2) is 18.2 Å². The number of nitrogens with one attached hydrogen (secondary N) is 1. The molecule has 0 aliphatic rings. The number of carbonyl (C=O) groups excluding carboxylic acids is 1. The molecule has 4 nitrogen and oxygen atoms in total. The van der Waals surface area contributed by atoms with E-state index in [1.54, 1.807) is 19.2 Å². The fraction of sp³-hybridized carbons (Fsp3) is 0.462. The summed E-state index contributed by atoms with van der Waals surface area (Å²) < 4.78 is 13.7. The first kappa shape index (κ1) is 14.4. The smallest absolute Gasteiger partial charge is 0.233 e. The highest BCUT2D eigenvalue weighted by Crippen LogP contribution is 2.17. The van der Waals surface area contributed by atoms with Gasteiger partial charge in [-0.05, 0) is 25.1 Å². The molecular weight excluding hydrogens is 233 g/mol. The molecule has 1 aromatic carbocycles. The molecule has 1 rings (SSSR count). The van der Waals surface area contributed by atoms with Crippen LogP contribution in [0, 0.1) is 5.82 Å². The third kappa shape index (κ3) is 4.00. The van der Waals surface area contributed by atoms with E-state index in [1.165, 1.54) is 6.07 Å². The lowest BCUT2D eigenvalue weighted by atomic mass is 10.1. The highest BCUT2D eigenvalue weighted by atomic mass is 19.1. The second-order valence-electron chi connectivity index (χ2n) is 4.19. The normalized spacial score (nSPS) is 10.7. The summed E-state index contributed by atoms with van der Waals surface area (Å²) in [6, 6.07) is 4.63. The molecule has 0 spiro atoms. The van der Waals surface area contributed by atoms with Gasteiger partial charge in [0.25, 0.3) is 0 Å². The average Bonchev–Trinajstić information content (AvgIpc) is 2.34. The van der Waals surface area contributed by atoms with Crippen LogP contribution in [0.3, 0.4) is 0 Å². The number of benzene rings is 1. The van der Waals surface area contributed by atoms with Crippen molar-refractivity contribution in [3.8, 4) is 0 Å². The van der Waals surface area contributed by atoms with Crippen molar-refractivity contribution in [2.24, 2.45) is 0 Å². The van der Waals surface area contributed by atoms with Crippen molar-refractivity contribution in [1.82, 2.24) is 10.2 Å². The molecule has 18 heavy (non-hydrogen) atoms. The van der Waals surface area contributed by atoms with Gasteiger partial charge < -0.3 is 11.1 Å². The number of nitrogens with two attached hydrogens (primary N) is 1. The van der Waals surface area contributed by atoms with Crippen molar-refractivity contribution in [3.05, 3.63) is 29.6 Å². The van der Waals surface area contributed by atoms with Gasteiger partial charge in [0.1, 0.15) is 5.82 Å². The number of amides is 1. The summed E-state index contributed by atoms with van der Waals surface area (Å²) in [4.78, 5) is 13.3. The maximum atomic E-state index is 13.7. The number of likely N-dealkylation sites (N-methyl/N-ethyl adjacent to an activating group) is 1. The fourth-order valence-electron chi connectivity index (χ4n) is 1.78. The molecule has 0 saturated heterocycles. The Morgan fingerprint density at radius 1 is 1.50 bits per heavy atom. The van der Waals surface area contributed by atoms with Crippen molar-refractivity contribution in [1.29, 1.82) is 0 Å². The Labute approximate surface area is 107 Å². The van der Waals surface area contributed by atoms with Crippen LogP contribution in [-0.4, -0.2) is 30.9 Å². The molecule has 0 saturated carbocycles. The second kappa shape index (κ2) is 6.96. The fourth-order valence-corrected chi connectivity index (χ4v) is 1.78. The molecular formula is C13H20FN3O. The van der Waals surface area contributed by atoms with Gasteiger partial charge in [-0.3, -0.25) is 9.69 Å². The van der Waals surface area contributed by atoms with E-state index < -0.39 is 0 Å². The van der Waals surface area contributed by atoms with E-state index in [0.29, 0.717) is 17.8 Å². The van der Waals surface area contributed by atoms with Gasteiger partial charge >= 0.3 is 0 Å². The molecule has 0 atom stereocenters. The van der Waals surface area contributed by atoms with E-state index in [1.807, 2.05) is 11.8 Å². The van der Waals surface area contributed by atoms with Gasteiger partial charge in [-0.2, -0.15) is 0 Å². The third-order valence-electron chi connectivity index (χ3n) is 2.72. The number of hydrogen-bond acceptors (Lipinski definition) is 3. The number of rotatable bonds is 6. The lowest BCUT2D eigenvalue weighted by Crippen LogP contribution is -2.36. The number of hydrogen-bond donors (Lipinski definition) is 2. The van der Waals surface area contributed by atoms with Gasteiger partial charge in [0.15, 0.2) is 0 Å². The summed E-state index contributed by atoms with van der Waals surface area (Å²) >= 11 is 0. The molecule has 0 aliphatic heterocycles. The Morgan fingerprint density at radius 2 is 2.22 bits per heavy atom. The van der Waals surface area contributed by atoms with Crippen LogP contribution in [-0.2, 0) is 11.3 Å². The van der Waals surface area contributed by atoms with Gasteiger partial charge in [-0.1, -0.05) is 13.0 Å². The van der Waals surface area contributed by atoms with E-state index in [2.05, 4.69) is 5.32 Å². The van der Waals surface area contributed by atoms with Gasteiger partial charge in [-0.25, -0.2) is 4.39 Å². The molecule has 0 radical (unpaired) electrons. The first-order chi connectivity index (χ1) is 8.58. The Balaban J connectivity index is 2.79. The van der Waals surface area contributed by atoms with Crippen LogP contribution < -0.4 is 11.1 Å². The monoisotopic (exact) mass is 253 g/mol. The van der Waals surface area contributed by atoms with Crippen molar-refractivity contribution in [2.75, 3.05) is 25.9 Å². The summed E-state index contributed by atoms with van der Waals surface area (Å²) in [6.45, 7) is 3.33.